The summed E-state index contributed by atoms with van der Waals surface area (Å²) in [5.41, 5.74) is 0. The Labute approximate surface area is 87.0 Å². The predicted molar refractivity (Wildman–Crippen MR) is 60.5 cm³/mol. The van der Waals surface area contributed by atoms with Crippen molar-refractivity contribution >= 4 is 0 Å². The second kappa shape index (κ2) is 10.2. The minimum Gasteiger partial charge on any atom is -0.481 e. The SMILES string of the molecule is CCCCCCCC/C=C/C=C(O)O. The summed E-state index contributed by atoms with van der Waals surface area (Å²) in [7, 11) is 0. The first-order chi connectivity index (χ1) is 6.77. The number of allylic oxidation sites excluding steroid dienone is 3. The zero-order valence-corrected chi connectivity index (χ0v) is 9.08. The number of aliphatic hydroxyl groups is 2. The maximum Gasteiger partial charge on any atom is 0.274 e. The molecule has 0 unspecified atom stereocenters. The normalized spacial score (nSPS) is 10.6. The minimum absolute atomic E-state index is 0.621. The highest BCUT2D eigenvalue weighted by molar-refractivity contribution is 5.01. The first-order valence-corrected chi connectivity index (χ1v) is 5.52. The molecule has 0 rings (SSSR count). The molecule has 0 amide bonds. The molecule has 0 aliphatic rings. The smallest absolute Gasteiger partial charge is 0.274 e. The monoisotopic (exact) mass is 198 g/mol. The van der Waals surface area contributed by atoms with Crippen LogP contribution in [0.25, 0.3) is 0 Å². The van der Waals surface area contributed by atoms with Gasteiger partial charge in [0, 0.05) is 6.08 Å². The van der Waals surface area contributed by atoms with Crippen LogP contribution in [0.3, 0.4) is 0 Å². The maximum atomic E-state index is 8.42. The second-order valence-electron chi connectivity index (χ2n) is 3.51. The second-order valence-corrected chi connectivity index (χ2v) is 3.51. The van der Waals surface area contributed by atoms with Crippen LogP contribution in [-0.4, -0.2) is 10.2 Å². The molecule has 14 heavy (non-hydrogen) atoms. The Morgan fingerprint density at radius 1 is 1.00 bits per heavy atom. The van der Waals surface area contributed by atoms with Gasteiger partial charge in [-0.15, -0.1) is 0 Å². The molecule has 0 aromatic rings. The van der Waals surface area contributed by atoms with Gasteiger partial charge in [-0.2, -0.15) is 0 Å². The van der Waals surface area contributed by atoms with E-state index in [9.17, 15) is 0 Å². The van der Waals surface area contributed by atoms with Gasteiger partial charge in [0.05, 0.1) is 0 Å². The van der Waals surface area contributed by atoms with Crippen LogP contribution < -0.4 is 0 Å². The molecule has 0 heterocycles. The average Bonchev–Trinajstić information content (AvgIpc) is 2.15. The number of aliphatic hydroxyl groups excluding tert-OH is 1. The summed E-state index contributed by atoms with van der Waals surface area (Å²) in [5.74, 6) is -0.621. The Morgan fingerprint density at radius 3 is 2.29 bits per heavy atom. The number of unbranched alkanes of at least 4 members (excludes halogenated alkanes) is 6. The van der Waals surface area contributed by atoms with E-state index in [1.807, 2.05) is 6.08 Å². The molecule has 0 saturated heterocycles. The molecule has 0 aliphatic heterocycles. The van der Waals surface area contributed by atoms with Gasteiger partial charge in [-0.05, 0) is 12.8 Å². The highest BCUT2D eigenvalue weighted by atomic mass is 16.5. The van der Waals surface area contributed by atoms with E-state index in [4.69, 9.17) is 10.2 Å². The van der Waals surface area contributed by atoms with E-state index >= 15 is 0 Å². The Kier molecular flexibility index (Phi) is 9.49. The van der Waals surface area contributed by atoms with Gasteiger partial charge in [0.25, 0.3) is 5.95 Å². The first-order valence-electron chi connectivity index (χ1n) is 5.52. The first kappa shape index (κ1) is 13.1. The Bertz CT molecular complexity index is 167. The van der Waals surface area contributed by atoms with Crippen molar-refractivity contribution in [2.24, 2.45) is 0 Å². The number of hydrogen-bond acceptors (Lipinski definition) is 2. The van der Waals surface area contributed by atoms with Crippen LogP contribution in [0.15, 0.2) is 24.2 Å². The molecule has 0 radical (unpaired) electrons. The molecule has 0 aromatic carbocycles. The lowest BCUT2D eigenvalue weighted by molar-refractivity contribution is 0.191. The summed E-state index contributed by atoms with van der Waals surface area (Å²) in [6.45, 7) is 2.22. The standard InChI is InChI=1S/C12H22O2/c1-2-3-4-5-6-7-8-9-10-11-12(13)14/h9-11,13-14H,2-8H2,1H3/b10-9+. The third-order valence-electron chi connectivity index (χ3n) is 2.11. The van der Waals surface area contributed by atoms with E-state index in [1.54, 1.807) is 6.08 Å². The molecule has 2 nitrogen and oxygen atoms in total. The van der Waals surface area contributed by atoms with Crippen LogP contribution in [0.4, 0.5) is 0 Å². The lowest BCUT2D eigenvalue weighted by atomic mass is 10.1. The van der Waals surface area contributed by atoms with Crippen LogP contribution in [0.1, 0.15) is 51.9 Å². The lowest BCUT2D eigenvalue weighted by Gasteiger charge is -1.97. The van der Waals surface area contributed by atoms with Crippen LogP contribution in [0.5, 0.6) is 0 Å². The van der Waals surface area contributed by atoms with Crippen molar-refractivity contribution in [2.45, 2.75) is 51.9 Å². The molecule has 82 valence electrons. The van der Waals surface area contributed by atoms with Gasteiger partial charge in [0.1, 0.15) is 0 Å². The zero-order valence-electron chi connectivity index (χ0n) is 9.08. The molecule has 0 bridgehead atoms. The van der Waals surface area contributed by atoms with Gasteiger partial charge in [0.15, 0.2) is 0 Å². The van der Waals surface area contributed by atoms with Crippen molar-refractivity contribution in [3.8, 4) is 0 Å². The van der Waals surface area contributed by atoms with Crippen LogP contribution in [0, 0.1) is 0 Å². The molecule has 2 heteroatoms. The molecule has 0 saturated carbocycles. The summed E-state index contributed by atoms with van der Waals surface area (Å²) >= 11 is 0. The fourth-order valence-electron chi connectivity index (χ4n) is 1.29. The molecular weight excluding hydrogens is 176 g/mol. The minimum atomic E-state index is -0.621. The summed E-state index contributed by atoms with van der Waals surface area (Å²) < 4.78 is 0. The third-order valence-corrected chi connectivity index (χ3v) is 2.11. The van der Waals surface area contributed by atoms with Crippen molar-refractivity contribution in [1.82, 2.24) is 0 Å². The van der Waals surface area contributed by atoms with E-state index in [0.29, 0.717) is 0 Å². The van der Waals surface area contributed by atoms with Gasteiger partial charge < -0.3 is 10.2 Å². The van der Waals surface area contributed by atoms with Crippen molar-refractivity contribution in [1.29, 1.82) is 0 Å². The molecular formula is C12H22O2. The summed E-state index contributed by atoms with van der Waals surface area (Å²) in [5, 5.41) is 16.8. The summed E-state index contributed by atoms with van der Waals surface area (Å²) in [4.78, 5) is 0. The van der Waals surface area contributed by atoms with Crippen molar-refractivity contribution in [3.05, 3.63) is 24.2 Å². The Balaban J connectivity index is 3.13. The van der Waals surface area contributed by atoms with Gasteiger partial charge in [0.2, 0.25) is 0 Å². The van der Waals surface area contributed by atoms with Crippen LogP contribution >= 0.6 is 0 Å². The molecule has 0 atom stereocenters. The summed E-state index contributed by atoms with van der Waals surface area (Å²) in [6, 6.07) is 0. The molecule has 0 fully saturated rings. The lowest BCUT2D eigenvalue weighted by Crippen LogP contribution is -1.77. The largest absolute Gasteiger partial charge is 0.481 e. The topological polar surface area (TPSA) is 40.5 Å². The van der Waals surface area contributed by atoms with Crippen LogP contribution in [0.2, 0.25) is 0 Å². The molecule has 2 N–H and O–H groups in total. The average molecular weight is 198 g/mol. The zero-order chi connectivity index (χ0) is 10.6. The highest BCUT2D eigenvalue weighted by Crippen LogP contribution is 2.07. The van der Waals surface area contributed by atoms with Gasteiger partial charge in [-0.25, -0.2) is 0 Å². The van der Waals surface area contributed by atoms with E-state index in [1.165, 1.54) is 44.6 Å². The summed E-state index contributed by atoms with van der Waals surface area (Å²) in [6.07, 6.45) is 13.7. The third kappa shape index (κ3) is 11.1. The Hall–Kier alpha value is -0.920. The number of hydrogen-bond donors (Lipinski definition) is 2. The molecule has 0 aliphatic carbocycles. The van der Waals surface area contributed by atoms with Gasteiger partial charge in [-0.3, -0.25) is 0 Å². The fourth-order valence-corrected chi connectivity index (χ4v) is 1.29. The van der Waals surface area contributed by atoms with Gasteiger partial charge >= 0.3 is 0 Å². The highest BCUT2D eigenvalue weighted by Gasteiger charge is 1.87. The quantitative estimate of drug-likeness (QED) is 0.348. The van der Waals surface area contributed by atoms with Crippen molar-refractivity contribution in [3.63, 3.8) is 0 Å². The molecule has 0 aromatic heterocycles. The van der Waals surface area contributed by atoms with E-state index in [0.717, 1.165) is 6.42 Å². The predicted octanol–water partition coefficient (Wildman–Crippen LogP) is 4.25. The van der Waals surface area contributed by atoms with Crippen molar-refractivity contribution in [2.75, 3.05) is 0 Å². The Morgan fingerprint density at radius 2 is 1.64 bits per heavy atom. The maximum absolute atomic E-state index is 8.42. The van der Waals surface area contributed by atoms with E-state index in [2.05, 4.69) is 6.92 Å². The van der Waals surface area contributed by atoms with Gasteiger partial charge in [-0.1, -0.05) is 51.2 Å². The van der Waals surface area contributed by atoms with E-state index < -0.39 is 5.95 Å². The van der Waals surface area contributed by atoms with Crippen LogP contribution in [-0.2, 0) is 0 Å². The van der Waals surface area contributed by atoms with Crippen molar-refractivity contribution < 1.29 is 10.2 Å². The number of rotatable bonds is 8. The van der Waals surface area contributed by atoms with E-state index in [-0.39, 0.29) is 0 Å². The fraction of sp³-hybridized carbons (Fsp3) is 0.667. The molecule has 0 spiro atoms.